The molecular formula is C16H23N3O2. The zero-order valence-corrected chi connectivity index (χ0v) is 12.4. The van der Waals surface area contributed by atoms with Crippen LogP contribution in [0.4, 0.5) is 0 Å². The minimum absolute atomic E-state index is 0.0942. The average Bonchev–Trinajstić information content (AvgIpc) is 2.95. The van der Waals surface area contributed by atoms with Gasteiger partial charge in [-0.2, -0.15) is 0 Å². The molecule has 1 aromatic rings. The Kier molecular flexibility index (Phi) is 4.83. The SMILES string of the molecule is O=C(C1CCOC1)N1CCCN(Cc2ccncc2)CC1. The van der Waals surface area contributed by atoms with Crippen LogP contribution in [0.5, 0.6) is 0 Å². The van der Waals surface area contributed by atoms with Crippen LogP contribution in [0, 0.1) is 5.92 Å². The maximum Gasteiger partial charge on any atom is 0.228 e. The van der Waals surface area contributed by atoms with Gasteiger partial charge in [0, 0.05) is 51.7 Å². The van der Waals surface area contributed by atoms with E-state index in [9.17, 15) is 4.79 Å². The smallest absolute Gasteiger partial charge is 0.228 e. The van der Waals surface area contributed by atoms with Gasteiger partial charge in [0.1, 0.15) is 0 Å². The molecule has 0 radical (unpaired) electrons. The van der Waals surface area contributed by atoms with Crippen molar-refractivity contribution in [1.82, 2.24) is 14.8 Å². The van der Waals surface area contributed by atoms with Gasteiger partial charge < -0.3 is 9.64 Å². The molecule has 114 valence electrons. The molecule has 3 rings (SSSR count). The summed E-state index contributed by atoms with van der Waals surface area (Å²) in [7, 11) is 0. The van der Waals surface area contributed by atoms with Crippen LogP contribution in [0.3, 0.4) is 0 Å². The van der Waals surface area contributed by atoms with Crippen LogP contribution in [-0.2, 0) is 16.1 Å². The highest BCUT2D eigenvalue weighted by atomic mass is 16.5. The molecule has 5 nitrogen and oxygen atoms in total. The predicted molar refractivity (Wildman–Crippen MR) is 79.6 cm³/mol. The largest absolute Gasteiger partial charge is 0.381 e. The maximum absolute atomic E-state index is 12.4. The lowest BCUT2D eigenvalue weighted by Gasteiger charge is -2.24. The number of carbonyl (C=O) groups excluding carboxylic acids is 1. The fourth-order valence-corrected chi connectivity index (χ4v) is 3.08. The number of hydrogen-bond donors (Lipinski definition) is 0. The lowest BCUT2D eigenvalue weighted by atomic mass is 10.1. The highest BCUT2D eigenvalue weighted by Gasteiger charge is 2.29. The molecule has 1 amide bonds. The zero-order chi connectivity index (χ0) is 14.5. The van der Waals surface area contributed by atoms with Crippen molar-refractivity contribution in [3.8, 4) is 0 Å². The van der Waals surface area contributed by atoms with Gasteiger partial charge in [0.2, 0.25) is 5.91 Å². The van der Waals surface area contributed by atoms with E-state index in [0.717, 1.165) is 52.2 Å². The molecule has 1 atom stereocenters. The van der Waals surface area contributed by atoms with Crippen LogP contribution >= 0.6 is 0 Å². The van der Waals surface area contributed by atoms with Crippen LogP contribution < -0.4 is 0 Å². The number of aromatic nitrogens is 1. The average molecular weight is 289 g/mol. The van der Waals surface area contributed by atoms with E-state index in [4.69, 9.17) is 4.74 Å². The Balaban J connectivity index is 1.53. The summed E-state index contributed by atoms with van der Waals surface area (Å²) >= 11 is 0. The molecule has 0 aromatic carbocycles. The summed E-state index contributed by atoms with van der Waals surface area (Å²) in [4.78, 5) is 20.9. The first-order valence-electron chi connectivity index (χ1n) is 7.81. The minimum atomic E-state index is 0.0942. The number of pyridine rings is 1. The Morgan fingerprint density at radius 3 is 2.86 bits per heavy atom. The predicted octanol–water partition coefficient (Wildman–Crippen LogP) is 1.15. The van der Waals surface area contributed by atoms with E-state index < -0.39 is 0 Å². The van der Waals surface area contributed by atoms with Gasteiger partial charge in [0.05, 0.1) is 12.5 Å². The van der Waals surface area contributed by atoms with Crippen LogP contribution in [0.25, 0.3) is 0 Å². The van der Waals surface area contributed by atoms with E-state index in [1.807, 2.05) is 17.3 Å². The first-order chi connectivity index (χ1) is 10.3. The van der Waals surface area contributed by atoms with Gasteiger partial charge >= 0.3 is 0 Å². The summed E-state index contributed by atoms with van der Waals surface area (Å²) in [5, 5.41) is 0. The third-order valence-electron chi connectivity index (χ3n) is 4.33. The normalized spacial score (nSPS) is 24.0. The van der Waals surface area contributed by atoms with E-state index in [2.05, 4.69) is 22.0 Å². The third kappa shape index (κ3) is 3.80. The van der Waals surface area contributed by atoms with Gasteiger partial charge in [-0.15, -0.1) is 0 Å². The van der Waals surface area contributed by atoms with Gasteiger partial charge in [-0.25, -0.2) is 0 Å². The highest BCUT2D eigenvalue weighted by molar-refractivity contribution is 5.79. The summed E-state index contributed by atoms with van der Waals surface area (Å²) in [6, 6.07) is 4.12. The molecule has 2 aliphatic rings. The minimum Gasteiger partial charge on any atom is -0.381 e. The number of carbonyl (C=O) groups is 1. The summed E-state index contributed by atoms with van der Waals surface area (Å²) < 4.78 is 5.34. The van der Waals surface area contributed by atoms with Crippen LogP contribution in [-0.4, -0.2) is 60.1 Å². The fourth-order valence-electron chi connectivity index (χ4n) is 3.08. The Morgan fingerprint density at radius 1 is 1.24 bits per heavy atom. The van der Waals surface area contributed by atoms with Crippen molar-refractivity contribution in [2.75, 3.05) is 39.4 Å². The summed E-state index contributed by atoms with van der Waals surface area (Å²) in [6.07, 6.45) is 5.60. The van der Waals surface area contributed by atoms with Crippen molar-refractivity contribution in [2.45, 2.75) is 19.4 Å². The Labute approximate surface area is 125 Å². The molecule has 1 aromatic heterocycles. The van der Waals surface area contributed by atoms with Gasteiger partial charge in [-0.05, 0) is 30.5 Å². The number of nitrogens with zero attached hydrogens (tertiary/aromatic N) is 3. The van der Waals surface area contributed by atoms with Crippen molar-refractivity contribution < 1.29 is 9.53 Å². The molecule has 2 fully saturated rings. The summed E-state index contributed by atoms with van der Waals surface area (Å²) in [5.41, 5.74) is 1.29. The standard InChI is InChI=1S/C16H23N3O2/c20-16(15-4-11-21-13-15)19-8-1-7-18(9-10-19)12-14-2-5-17-6-3-14/h2-3,5-6,15H,1,4,7-13H2. The van der Waals surface area contributed by atoms with Gasteiger partial charge in [-0.1, -0.05) is 0 Å². The lowest BCUT2D eigenvalue weighted by molar-refractivity contribution is -0.135. The molecule has 0 saturated carbocycles. The Bertz CT molecular complexity index is 460. The molecule has 2 saturated heterocycles. The van der Waals surface area contributed by atoms with Gasteiger partial charge in [-0.3, -0.25) is 14.7 Å². The molecule has 1 unspecified atom stereocenters. The fraction of sp³-hybridized carbons (Fsp3) is 0.625. The van der Waals surface area contributed by atoms with Crippen molar-refractivity contribution in [2.24, 2.45) is 5.92 Å². The van der Waals surface area contributed by atoms with E-state index in [1.165, 1.54) is 5.56 Å². The van der Waals surface area contributed by atoms with Crippen molar-refractivity contribution in [1.29, 1.82) is 0 Å². The molecule has 21 heavy (non-hydrogen) atoms. The van der Waals surface area contributed by atoms with Crippen LogP contribution in [0.15, 0.2) is 24.5 Å². The molecule has 0 N–H and O–H groups in total. The van der Waals surface area contributed by atoms with Gasteiger partial charge in [0.25, 0.3) is 0 Å². The van der Waals surface area contributed by atoms with Crippen molar-refractivity contribution in [3.05, 3.63) is 30.1 Å². The quantitative estimate of drug-likeness (QED) is 0.837. The van der Waals surface area contributed by atoms with Gasteiger partial charge in [0.15, 0.2) is 0 Å². The highest BCUT2D eigenvalue weighted by Crippen LogP contribution is 2.17. The Hall–Kier alpha value is -1.46. The molecule has 5 heteroatoms. The third-order valence-corrected chi connectivity index (χ3v) is 4.33. The molecular weight excluding hydrogens is 266 g/mol. The monoisotopic (exact) mass is 289 g/mol. The summed E-state index contributed by atoms with van der Waals surface area (Å²) in [5.74, 6) is 0.384. The van der Waals surface area contributed by atoms with E-state index in [1.54, 1.807) is 0 Å². The zero-order valence-electron chi connectivity index (χ0n) is 12.4. The molecule has 3 heterocycles. The lowest BCUT2D eigenvalue weighted by Crippen LogP contribution is -2.39. The van der Waals surface area contributed by atoms with E-state index in [-0.39, 0.29) is 5.92 Å². The second-order valence-corrected chi connectivity index (χ2v) is 5.87. The van der Waals surface area contributed by atoms with Crippen molar-refractivity contribution in [3.63, 3.8) is 0 Å². The molecule has 0 aliphatic carbocycles. The number of rotatable bonds is 3. The number of ether oxygens (including phenoxy) is 1. The Morgan fingerprint density at radius 2 is 2.10 bits per heavy atom. The number of amides is 1. The van der Waals surface area contributed by atoms with Crippen LogP contribution in [0.1, 0.15) is 18.4 Å². The first-order valence-corrected chi connectivity index (χ1v) is 7.81. The van der Waals surface area contributed by atoms with Crippen molar-refractivity contribution >= 4 is 5.91 Å². The number of hydrogen-bond acceptors (Lipinski definition) is 4. The topological polar surface area (TPSA) is 45.7 Å². The second kappa shape index (κ2) is 7.00. The molecule has 0 spiro atoms. The maximum atomic E-state index is 12.4. The summed E-state index contributed by atoms with van der Waals surface area (Å²) in [6.45, 7) is 5.99. The second-order valence-electron chi connectivity index (χ2n) is 5.87. The first kappa shape index (κ1) is 14.5. The molecule has 0 bridgehead atoms. The van der Waals surface area contributed by atoms with E-state index in [0.29, 0.717) is 12.5 Å². The molecule has 2 aliphatic heterocycles. The van der Waals surface area contributed by atoms with E-state index >= 15 is 0 Å². The van der Waals surface area contributed by atoms with Crippen LogP contribution in [0.2, 0.25) is 0 Å².